The average molecular weight is 1050 g/mol. The number of piperazine rings is 1. The van der Waals surface area contributed by atoms with Crippen LogP contribution in [0.1, 0.15) is 43.4 Å². The summed E-state index contributed by atoms with van der Waals surface area (Å²) in [6.07, 6.45) is 5.50. The summed E-state index contributed by atoms with van der Waals surface area (Å²) in [4.78, 5) is 86.5. The smallest absolute Gasteiger partial charge is 0.318 e. The Bertz CT molecular complexity index is 2500. The molecule has 74 heavy (non-hydrogen) atoms. The number of carboxylic acid groups (broad SMARTS) is 3. The molecule has 0 aliphatic carbocycles. The van der Waals surface area contributed by atoms with Gasteiger partial charge in [-0.25, -0.2) is 0 Å². The maximum absolute atomic E-state index is 13.3. The van der Waals surface area contributed by atoms with Crippen LogP contribution in [0, 0.1) is 11.3 Å². The van der Waals surface area contributed by atoms with E-state index in [0.29, 0.717) is 110 Å². The van der Waals surface area contributed by atoms with Crippen LogP contribution in [-0.4, -0.2) is 233 Å². The number of amides is 2. The Labute approximate surface area is 436 Å². The van der Waals surface area contributed by atoms with Crippen molar-refractivity contribution in [1.82, 2.24) is 44.7 Å². The molecule has 3 saturated heterocycles. The molecule has 1 aromatic heterocycles. The maximum Gasteiger partial charge on any atom is 0.318 e. The Morgan fingerprint density at radius 1 is 0.811 bits per heavy atom. The van der Waals surface area contributed by atoms with Gasteiger partial charge in [0.25, 0.3) is 0 Å². The molecular weight excluding hydrogens is 976 g/mol. The fourth-order valence-electron chi connectivity index (χ4n) is 10.5. The summed E-state index contributed by atoms with van der Waals surface area (Å²) in [5.74, 6) is -2.60. The molecule has 0 saturated carbocycles. The minimum atomic E-state index is -1.02. The molecule has 2 amide bonds. The number of nitrogens with zero attached hydrogens (tertiary/aromatic N) is 11. The van der Waals surface area contributed by atoms with Crippen LogP contribution in [0.25, 0.3) is 10.8 Å². The van der Waals surface area contributed by atoms with Gasteiger partial charge in [-0.05, 0) is 68.8 Å². The quantitative estimate of drug-likeness (QED) is 0.0799. The Kier molecular flexibility index (Phi) is 20.0. The van der Waals surface area contributed by atoms with E-state index in [-0.39, 0.29) is 68.3 Å². The largest absolute Gasteiger partial charge is 0.508 e. The number of carbonyl (C=O) groups is 5. The van der Waals surface area contributed by atoms with E-state index in [1.807, 2.05) is 23.1 Å². The van der Waals surface area contributed by atoms with E-state index in [9.17, 15) is 49.7 Å². The minimum Gasteiger partial charge on any atom is -0.508 e. The van der Waals surface area contributed by atoms with Crippen LogP contribution in [0.3, 0.4) is 0 Å². The summed E-state index contributed by atoms with van der Waals surface area (Å²) < 4.78 is 6.51. The number of aromatic nitrogens is 2. The number of phenolic OH excluding ortho intramolecular Hbond substituents is 1. The number of anilines is 2. The maximum atomic E-state index is 13.3. The molecule has 3 fully saturated rings. The highest BCUT2D eigenvalue weighted by molar-refractivity contribution is 6.36. The average Bonchev–Trinajstić information content (AvgIpc) is 3.82. The third-order valence-corrected chi connectivity index (χ3v) is 14.6. The summed E-state index contributed by atoms with van der Waals surface area (Å²) in [7, 11) is 0. The summed E-state index contributed by atoms with van der Waals surface area (Å²) in [6.45, 7) is 10.3. The number of halogens is 1. The van der Waals surface area contributed by atoms with Crippen LogP contribution in [0.15, 0.2) is 43.0 Å². The molecule has 4 aliphatic heterocycles. The molecule has 2 aromatic carbocycles. The summed E-state index contributed by atoms with van der Waals surface area (Å²) in [6, 6.07) is 11.3. The van der Waals surface area contributed by atoms with Crippen LogP contribution in [0.2, 0.25) is 5.02 Å². The second-order valence-corrected chi connectivity index (χ2v) is 19.8. The van der Waals surface area contributed by atoms with Crippen molar-refractivity contribution < 1.29 is 49.1 Å². The van der Waals surface area contributed by atoms with E-state index < -0.39 is 17.9 Å². The third kappa shape index (κ3) is 15.4. The normalized spacial score (nSPS) is 20.0. The van der Waals surface area contributed by atoms with Crippen molar-refractivity contribution >= 4 is 63.6 Å². The predicted molar refractivity (Wildman–Crippen MR) is 277 cm³/mol. The number of rotatable bonds is 20. The number of carboxylic acids is 3. The van der Waals surface area contributed by atoms with Crippen molar-refractivity contribution in [2.75, 3.05) is 141 Å². The molecule has 2 atom stereocenters. The number of aliphatic carboxylic acids is 3. The number of fused-ring (bicyclic) bond motifs is 2. The molecule has 5 N–H and O–H groups in total. The second kappa shape index (κ2) is 26.7. The highest BCUT2D eigenvalue weighted by Crippen LogP contribution is 2.39. The van der Waals surface area contributed by atoms with E-state index in [2.05, 4.69) is 32.7 Å². The van der Waals surface area contributed by atoms with Crippen LogP contribution in [0.4, 0.5) is 11.5 Å². The van der Waals surface area contributed by atoms with Gasteiger partial charge in [-0.1, -0.05) is 30.3 Å². The number of phenols is 1. The van der Waals surface area contributed by atoms with Crippen LogP contribution >= 0.6 is 11.6 Å². The number of benzene rings is 2. The highest BCUT2D eigenvalue weighted by atomic mass is 35.5. The van der Waals surface area contributed by atoms with Crippen molar-refractivity contribution in [1.29, 1.82) is 5.26 Å². The van der Waals surface area contributed by atoms with Gasteiger partial charge in [0, 0.05) is 108 Å². The first-order valence-electron chi connectivity index (χ1n) is 25.5. The first kappa shape index (κ1) is 55.4. The van der Waals surface area contributed by atoms with Gasteiger partial charge >= 0.3 is 23.9 Å². The van der Waals surface area contributed by atoms with Gasteiger partial charge in [-0.15, -0.1) is 0 Å². The first-order valence-corrected chi connectivity index (χ1v) is 25.8. The van der Waals surface area contributed by atoms with Crippen molar-refractivity contribution in [2.24, 2.45) is 0 Å². The lowest BCUT2D eigenvalue weighted by Crippen LogP contribution is -2.55. The van der Waals surface area contributed by atoms with E-state index in [1.54, 1.807) is 31.7 Å². The van der Waals surface area contributed by atoms with Gasteiger partial charge in [0.15, 0.2) is 0 Å². The fraction of sp³-hybridized carbons (Fsp3) is 0.569. The summed E-state index contributed by atoms with van der Waals surface area (Å²) in [5, 5.41) is 54.3. The Morgan fingerprint density at radius 2 is 1.46 bits per heavy atom. The van der Waals surface area contributed by atoms with Crippen molar-refractivity contribution in [2.45, 2.75) is 57.2 Å². The molecule has 0 radical (unpaired) electrons. The standard InChI is InChI=1S/C51H69ClN12O10/c1-2-45(67)64-26-25-63(29-37(64)10-12-53)50-40-11-16-62(43-28-39(65)27-36-7-5-9-41(52)49(36)43)30-42(40)55-51(56-50)74-35-38-8-6-15-61(38)14-4-3-13-54-44(66)31-57-17-19-58(32-46(68)69)21-23-60(34-48(72)73)24-22-59(20-18-57)33-47(70)71/h2,5,7,9,27-28,37-38,65H,1,3-4,6,8,10-11,13-26,29-35H2,(H,54,66)(H,68,69)(H,70,71)(H,72,73)/t37-,38-/m0/s1. The molecule has 4 aliphatic rings. The number of hydrogen-bond acceptors (Lipinski definition) is 17. The predicted octanol–water partition coefficient (Wildman–Crippen LogP) is 1.88. The second-order valence-electron chi connectivity index (χ2n) is 19.4. The zero-order chi connectivity index (χ0) is 52.7. The van der Waals surface area contributed by atoms with Crippen LogP contribution in [-0.2, 0) is 36.9 Å². The molecule has 3 aromatic rings. The molecule has 0 bridgehead atoms. The fourth-order valence-corrected chi connectivity index (χ4v) is 10.8. The van der Waals surface area contributed by atoms with Gasteiger partial charge in [-0.2, -0.15) is 15.2 Å². The SMILES string of the molecule is C=CC(=O)N1CCN(c2nc(OC[C@@H]3CCCN3CCCCNC(=O)CN3CCN(CC(=O)O)CCN(CC(=O)O)CCN(CC(=O)O)CC3)nc3c2CCN(c2cc(O)cc4cccc(Cl)c24)C3)C[C@@H]1CC#N. The van der Waals surface area contributed by atoms with Crippen molar-refractivity contribution in [3.8, 4) is 17.8 Å². The lowest BCUT2D eigenvalue weighted by atomic mass is 10.0. The monoisotopic (exact) mass is 1040 g/mol. The highest BCUT2D eigenvalue weighted by Gasteiger charge is 2.34. The van der Waals surface area contributed by atoms with E-state index in [0.717, 1.165) is 72.3 Å². The molecule has 23 heteroatoms. The van der Waals surface area contributed by atoms with Crippen LogP contribution < -0.4 is 19.9 Å². The number of aromatic hydroxyl groups is 1. The van der Waals surface area contributed by atoms with Gasteiger partial charge in [0.1, 0.15) is 18.2 Å². The lowest BCUT2D eigenvalue weighted by molar-refractivity contribution is -0.140. The van der Waals surface area contributed by atoms with Gasteiger partial charge in [-0.3, -0.25) is 48.5 Å². The molecule has 0 unspecified atom stereocenters. The number of ether oxygens (including phenoxy) is 1. The number of unbranched alkanes of at least 4 members (excludes halogenated alkanes) is 1. The zero-order valence-corrected chi connectivity index (χ0v) is 42.7. The molecule has 5 heterocycles. The van der Waals surface area contributed by atoms with E-state index in [1.165, 1.54) is 6.08 Å². The van der Waals surface area contributed by atoms with Gasteiger partial charge < -0.3 is 45.2 Å². The number of carbonyl (C=O) groups excluding carboxylic acids is 2. The van der Waals surface area contributed by atoms with E-state index >= 15 is 0 Å². The molecule has 7 rings (SSSR count). The molecule has 22 nitrogen and oxygen atoms in total. The zero-order valence-electron chi connectivity index (χ0n) is 42.0. The first-order chi connectivity index (χ1) is 35.7. The van der Waals surface area contributed by atoms with Crippen molar-refractivity contribution in [3.63, 3.8) is 0 Å². The summed E-state index contributed by atoms with van der Waals surface area (Å²) >= 11 is 6.76. The number of hydrogen-bond donors (Lipinski definition) is 5. The van der Waals surface area contributed by atoms with E-state index in [4.69, 9.17) is 26.3 Å². The minimum absolute atomic E-state index is 0.0513. The lowest BCUT2D eigenvalue weighted by Gasteiger charge is -2.42. The Morgan fingerprint density at radius 3 is 2.08 bits per heavy atom. The molecule has 400 valence electrons. The van der Waals surface area contributed by atoms with Crippen molar-refractivity contribution in [3.05, 3.63) is 59.3 Å². The molecular formula is C51H69ClN12O10. The topological polar surface area (TPSA) is 263 Å². The number of nitrogens with one attached hydrogen (secondary N) is 1. The van der Waals surface area contributed by atoms with Gasteiger partial charge in [0.05, 0.1) is 67.7 Å². The molecule has 0 spiro atoms. The number of likely N-dealkylation sites (tertiary alicyclic amines) is 1. The van der Waals surface area contributed by atoms with Crippen LogP contribution in [0.5, 0.6) is 11.8 Å². The number of nitriles is 1. The summed E-state index contributed by atoms with van der Waals surface area (Å²) in [5.41, 5.74) is 2.54. The Hall–Kier alpha value is -6.35. The van der Waals surface area contributed by atoms with Gasteiger partial charge in [0.2, 0.25) is 11.8 Å². The third-order valence-electron chi connectivity index (χ3n) is 14.3. The Balaban J connectivity index is 0.963.